The van der Waals surface area contributed by atoms with Crippen molar-refractivity contribution >= 4 is 0 Å². The largest absolute Gasteiger partial charge is 0.487 e. The molecule has 1 aromatic carbocycles. The van der Waals surface area contributed by atoms with Crippen molar-refractivity contribution in [3.63, 3.8) is 0 Å². The number of halogens is 1. The van der Waals surface area contributed by atoms with E-state index in [-0.39, 0.29) is 11.9 Å². The summed E-state index contributed by atoms with van der Waals surface area (Å²) < 4.78 is 18.6. The average Bonchev–Trinajstić information content (AvgIpc) is 2.17. The fraction of sp³-hybridized carbons (Fsp3) is 0.333. The Bertz CT molecular complexity index is 338. The second-order valence-electron chi connectivity index (χ2n) is 3.38. The predicted octanol–water partition coefficient (Wildman–Crippen LogP) is 2.50. The molecule has 1 aromatic rings. The molecule has 0 radical (unpaired) electrons. The second-order valence-corrected chi connectivity index (χ2v) is 3.38. The molecule has 0 aliphatic carbocycles. The maximum absolute atomic E-state index is 13.2. The van der Waals surface area contributed by atoms with Crippen LogP contribution in [0.25, 0.3) is 0 Å². The minimum Gasteiger partial charge on any atom is -0.487 e. The summed E-state index contributed by atoms with van der Waals surface area (Å²) in [6.07, 6.45) is 1.55. The van der Waals surface area contributed by atoms with Gasteiger partial charge in [0.15, 0.2) is 0 Å². The van der Waals surface area contributed by atoms with E-state index >= 15 is 0 Å². The van der Waals surface area contributed by atoms with Crippen molar-refractivity contribution in [3.05, 3.63) is 42.2 Å². The van der Waals surface area contributed by atoms with E-state index in [4.69, 9.17) is 4.74 Å². The highest BCUT2D eigenvalue weighted by Crippen LogP contribution is 2.17. The molecule has 0 saturated carbocycles. The number of hydrogen-bond donors (Lipinski definition) is 1. The number of rotatable bonds is 5. The first-order valence-electron chi connectivity index (χ1n) is 4.89. The summed E-state index contributed by atoms with van der Waals surface area (Å²) in [7, 11) is 1.82. The fourth-order valence-corrected chi connectivity index (χ4v) is 1.26. The summed E-state index contributed by atoms with van der Waals surface area (Å²) in [4.78, 5) is 0. The molecular formula is C12H16FNO. The van der Waals surface area contributed by atoms with Crippen LogP contribution in [-0.4, -0.2) is 13.2 Å². The third kappa shape index (κ3) is 3.72. The van der Waals surface area contributed by atoms with Gasteiger partial charge in [-0.15, -0.1) is 0 Å². The van der Waals surface area contributed by atoms with E-state index in [2.05, 4.69) is 11.9 Å². The summed E-state index contributed by atoms with van der Waals surface area (Å²) in [5, 5.41) is 2.96. The molecule has 1 atom stereocenters. The van der Waals surface area contributed by atoms with Gasteiger partial charge in [0.05, 0.1) is 0 Å². The molecule has 1 rings (SSSR count). The minimum absolute atomic E-state index is 0.116. The topological polar surface area (TPSA) is 21.3 Å². The van der Waals surface area contributed by atoms with Gasteiger partial charge in [-0.1, -0.05) is 12.7 Å². The van der Waals surface area contributed by atoms with Crippen molar-refractivity contribution in [1.82, 2.24) is 5.32 Å². The van der Waals surface area contributed by atoms with E-state index in [0.29, 0.717) is 12.3 Å². The lowest BCUT2D eigenvalue weighted by atomic mass is 10.2. The van der Waals surface area contributed by atoms with Crippen LogP contribution in [0.3, 0.4) is 0 Å². The molecule has 1 unspecified atom stereocenters. The molecule has 3 heteroatoms. The number of hydrogen-bond acceptors (Lipinski definition) is 2. The van der Waals surface area contributed by atoms with Crippen molar-refractivity contribution in [2.45, 2.75) is 19.6 Å². The number of nitrogens with one attached hydrogen (secondary N) is 1. The third-order valence-corrected chi connectivity index (χ3v) is 1.97. The highest BCUT2D eigenvalue weighted by Gasteiger charge is 2.03. The molecular weight excluding hydrogens is 193 g/mol. The van der Waals surface area contributed by atoms with E-state index in [9.17, 15) is 4.39 Å². The van der Waals surface area contributed by atoms with Crippen LogP contribution in [0.5, 0.6) is 5.75 Å². The Hall–Kier alpha value is -1.35. The lowest BCUT2D eigenvalue weighted by Gasteiger charge is -2.11. The van der Waals surface area contributed by atoms with E-state index in [1.807, 2.05) is 20.0 Å². The van der Waals surface area contributed by atoms with Crippen molar-refractivity contribution in [3.8, 4) is 5.75 Å². The molecule has 15 heavy (non-hydrogen) atoms. The second kappa shape index (κ2) is 5.51. The van der Waals surface area contributed by atoms with Crippen molar-refractivity contribution in [2.75, 3.05) is 7.05 Å². The Morgan fingerprint density at radius 1 is 1.53 bits per heavy atom. The maximum atomic E-state index is 13.2. The summed E-state index contributed by atoms with van der Waals surface area (Å²) in [5.74, 6) is 0.252. The van der Waals surface area contributed by atoms with E-state index in [1.54, 1.807) is 6.08 Å². The maximum Gasteiger partial charge on any atom is 0.127 e. The average molecular weight is 209 g/mol. The van der Waals surface area contributed by atoms with Crippen LogP contribution in [0.1, 0.15) is 12.5 Å². The molecule has 0 aliphatic heterocycles. The van der Waals surface area contributed by atoms with E-state index < -0.39 is 0 Å². The van der Waals surface area contributed by atoms with Crippen LogP contribution < -0.4 is 10.1 Å². The Morgan fingerprint density at radius 2 is 2.27 bits per heavy atom. The Balaban J connectivity index is 2.83. The van der Waals surface area contributed by atoms with Gasteiger partial charge in [0.25, 0.3) is 0 Å². The van der Waals surface area contributed by atoms with Gasteiger partial charge in [-0.05, 0) is 31.7 Å². The van der Waals surface area contributed by atoms with Gasteiger partial charge in [-0.25, -0.2) is 4.39 Å². The zero-order chi connectivity index (χ0) is 11.3. The van der Waals surface area contributed by atoms with Crippen LogP contribution in [0, 0.1) is 5.82 Å². The van der Waals surface area contributed by atoms with Crippen LogP contribution in [0.2, 0.25) is 0 Å². The van der Waals surface area contributed by atoms with Crippen molar-refractivity contribution in [2.24, 2.45) is 0 Å². The minimum atomic E-state index is -0.283. The highest BCUT2D eigenvalue weighted by molar-refractivity contribution is 5.30. The predicted molar refractivity (Wildman–Crippen MR) is 59.5 cm³/mol. The van der Waals surface area contributed by atoms with Gasteiger partial charge in [0, 0.05) is 12.6 Å². The monoisotopic (exact) mass is 209 g/mol. The molecule has 0 spiro atoms. The van der Waals surface area contributed by atoms with Crippen LogP contribution in [0.4, 0.5) is 4.39 Å². The Morgan fingerprint density at radius 3 is 2.87 bits per heavy atom. The molecule has 0 aliphatic rings. The zero-order valence-electron chi connectivity index (χ0n) is 9.09. The summed E-state index contributed by atoms with van der Waals surface area (Å²) in [6.45, 7) is 6.09. The lowest BCUT2D eigenvalue weighted by molar-refractivity contribution is 0.268. The van der Waals surface area contributed by atoms with Crippen molar-refractivity contribution < 1.29 is 9.13 Å². The first-order valence-corrected chi connectivity index (χ1v) is 4.89. The Labute approximate surface area is 89.8 Å². The van der Waals surface area contributed by atoms with Crippen LogP contribution >= 0.6 is 0 Å². The normalized spacial score (nSPS) is 12.2. The summed E-state index contributed by atoms with van der Waals surface area (Å²) in [6, 6.07) is 4.68. The number of benzene rings is 1. The molecule has 1 N–H and O–H groups in total. The van der Waals surface area contributed by atoms with Crippen molar-refractivity contribution in [1.29, 1.82) is 0 Å². The van der Waals surface area contributed by atoms with E-state index in [1.165, 1.54) is 12.1 Å². The first-order chi connectivity index (χ1) is 7.15. The highest BCUT2D eigenvalue weighted by atomic mass is 19.1. The molecule has 0 aromatic heterocycles. The Kier molecular flexibility index (Phi) is 4.31. The molecule has 0 saturated heterocycles. The molecule has 82 valence electrons. The van der Waals surface area contributed by atoms with Gasteiger partial charge in [0.2, 0.25) is 0 Å². The smallest absolute Gasteiger partial charge is 0.127 e. The molecule has 2 nitrogen and oxygen atoms in total. The fourth-order valence-electron chi connectivity index (χ4n) is 1.26. The standard InChI is InChI=1S/C12H16FNO/c1-4-9(2)15-12-6-10(8-14-3)5-11(13)7-12/h4-7,9,14H,1,8H2,2-3H3. The van der Waals surface area contributed by atoms with Gasteiger partial charge in [-0.3, -0.25) is 0 Å². The lowest BCUT2D eigenvalue weighted by Crippen LogP contribution is -2.09. The van der Waals surface area contributed by atoms with E-state index in [0.717, 1.165) is 5.56 Å². The summed E-state index contributed by atoms with van der Waals surface area (Å²) in [5.41, 5.74) is 0.865. The molecule has 0 bridgehead atoms. The van der Waals surface area contributed by atoms with Crippen LogP contribution in [0.15, 0.2) is 30.9 Å². The molecule has 0 heterocycles. The number of ether oxygens (including phenoxy) is 1. The SMILES string of the molecule is C=CC(C)Oc1cc(F)cc(CNC)c1. The quantitative estimate of drug-likeness (QED) is 0.752. The van der Waals surface area contributed by atoms with Gasteiger partial charge >= 0.3 is 0 Å². The van der Waals surface area contributed by atoms with Gasteiger partial charge in [-0.2, -0.15) is 0 Å². The molecule has 0 fully saturated rings. The first kappa shape index (κ1) is 11.7. The van der Waals surface area contributed by atoms with Gasteiger partial charge < -0.3 is 10.1 Å². The van der Waals surface area contributed by atoms with Gasteiger partial charge in [0.1, 0.15) is 17.7 Å². The third-order valence-electron chi connectivity index (χ3n) is 1.97. The zero-order valence-corrected chi connectivity index (χ0v) is 9.09. The molecule has 0 amide bonds. The summed E-state index contributed by atoms with van der Waals surface area (Å²) >= 11 is 0. The van der Waals surface area contributed by atoms with Crippen LogP contribution in [-0.2, 0) is 6.54 Å².